The molecule has 1 atom stereocenters. The Hall–Kier alpha value is -5.97. The minimum atomic E-state index is -4.62. The number of nitro groups is 1. The van der Waals surface area contributed by atoms with Crippen LogP contribution in [0.1, 0.15) is 61.9 Å². The van der Waals surface area contributed by atoms with E-state index in [4.69, 9.17) is 16.3 Å². The molecule has 0 spiro atoms. The number of benzene rings is 3. The molecule has 2 amide bonds. The lowest BCUT2D eigenvalue weighted by Gasteiger charge is -2.39. The quantitative estimate of drug-likeness (QED) is 0.0717. The summed E-state index contributed by atoms with van der Waals surface area (Å²) >= 11 is 6.23. The number of fused-ring (bicyclic) bond motifs is 1. The molecule has 2 aromatic heterocycles. The third-order valence-corrected chi connectivity index (χ3v) is 13.2. The molecule has 318 valence electrons. The molecule has 3 aliphatic rings. The van der Waals surface area contributed by atoms with E-state index in [9.17, 15) is 28.1 Å². The van der Waals surface area contributed by atoms with Gasteiger partial charge in [0.05, 0.1) is 21.6 Å². The highest BCUT2D eigenvalue weighted by Crippen LogP contribution is 2.43. The molecule has 8 rings (SSSR count). The van der Waals surface area contributed by atoms with Gasteiger partial charge >= 0.3 is 0 Å². The number of halogens is 1. The van der Waals surface area contributed by atoms with Crippen molar-refractivity contribution in [2.45, 2.75) is 56.9 Å². The summed E-state index contributed by atoms with van der Waals surface area (Å²) in [5.41, 5.74) is 5.08. The number of hydrogen-bond donors (Lipinski definition) is 4. The molecule has 61 heavy (non-hydrogen) atoms. The maximum atomic E-state index is 13.9. The molecule has 2 saturated heterocycles. The number of aromatic nitrogens is 2. The van der Waals surface area contributed by atoms with Crippen LogP contribution in [-0.4, -0.2) is 85.3 Å². The van der Waals surface area contributed by atoms with Crippen LogP contribution >= 0.6 is 11.6 Å². The number of amides is 2. The van der Waals surface area contributed by atoms with Gasteiger partial charge in [-0.15, -0.1) is 0 Å². The zero-order valence-corrected chi connectivity index (χ0v) is 35.4. The molecule has 1 aliphatic carbocycles. The molecule has 0 radical (unpaired) electrons. The average Bonchev–Trinajstić information content (AvgIpc) is 3.71. The van der Waals surface area contributed by atoms with Crippen LogP contribution in [0.25, 0.3) is 16.6 Å². The third-order valence-electron chi connectivity index (χ3n) is 11.7. The van der Waals surface area contributed by atoms with Crippen LogP contribution in [0.3, 0.4) is 0 Å². The molecule has 3 aromatic carbocycles. The van der Waals surface area contributed by atoms with Crippen LogP contribution in [0.4, 0.5) is 17.1 Å². The van der Waals surface area contributed by atoms with Gasteiger partial charge in [-0.2, -0.15) is 0 Å². The topological polar surface area (TPSA) is 192 Å². The van der Waals surface area contributed by atoms with Crippen molar-refractivity contribution in [3.63, 3.8) is 0 Å². The van der Waals surface area contributed by atoms with Gasteiger partial charge < -0.3 is 25.3 Å². The van der Waals surface area contributed by atoms with Gasteiger partial charge in [-0.3, -0.25) is 24.6 Å². The lowest BCUT2D eigenvalue weighted by Crippen LogP contribution is -2.47. The highest BCUT2D eigenvalue weighted by atomic mass is 35.5. The molecule has 2 fully saturated rings. The number of pyridine rings is 1. The number of piperidine rings is 1. The Morgan fingerprint density at radius 2 is 1.84 bits per heavy atom. The second kappa shape index (κ2) is 17.2. The average molecular weight is 867 g/mol. The third kappa shape index (κ3) is 9.51. The maximum Gasteiger partial charge on any atom is 0.293 e. The van der Waals surface area contributed by atoms with Crippen LogP contribution in [0.15, 0.2) is 95.7 Å². The maximum absolute atomic E-state index is 13.9. The lowest BCUT2D eigenvalue weighted by molar-refractivity contribution is -0.384. The Kier molecular flexibility index (Phi) is 11.8. The molecule has 17 heteroatoms. The number of sulfonamides is 1. The number of hydrogen-bond acceptors (Lipinski definition) is 11. The van der Waals surface area contributed by atoms with Gasteiger partial charge in [0.1, 0.15) is 28.9 Å². The zero-order valence-electron chi connectivity index (χ0n) is 33.9. The number of piperazine rings is 1. The summed E-state index contributed by atoms with van der Waals surface area (Å²) in [4.78, 5) is 49.1. The first-order valence-corrected chi connectivity index (χ1v) is 22.2. The normalized spacial score (nSPS) is 18.4. The summed E-state index contributed by atoms with van der Waals surface area (Å²) in [6.45, 7) is 9.06. The first-order valence-electron chi connectivity index (χ1n) is 20.3. The predicted octanol–water partition coefficient (Wildman–Crippen LogP) is 7.51. The highest BCUT2D eigenvalue weighted by molar-refractivity contribution is 7.90. The summed E-state index contributed by atoms with van der Waals surface area (Å²) < 4.78 is 35.7. The van der Waals surface area contributed by atoms with E-state index in [1.807, 2.05) is 18.2 Å². The van der Waals surface area contributed by atoms with Crippen molar-refractivity contribution in [2.75, 3.05) is 49.5 Å². The van der Waals surface area contributed by atoms with Crippen LogP contribution < -0.4 is 25.0 Å². The molecule has 15 nitrogen and oxygen atoms in total. The number of ether oxygens (including phenoxy) is 1. The van der Waals surface area contributed by atoms with E-state index in [0.29, 0.717) is 43.9 Å². The molecule has 0 bridgehead atoms. The Morgan fingerprint density at radius 3 is 2.59 bits per heavy atom. The number of H-pyrrole nitrogens is 1. The predicted molar refractivity (Wildman–Crippen MR) is 235 cm³/mol. The minimum Gasteiger partial charge on any atom is -0.455 e. The van der Waals surface area contributed by atoms with Crippen molar-refractivity contribution in [3.8, 4) is 11.5 Å². The molecule has 5 aromatic rings. The van der Waals surface area contributed by atoms with Crippen molar-refractivity contribution >= 4 is 67.1 Å². The van der Waals surface area contributed by atoms with Crippen molar-refractivity contribution in [3.05, 3.63) is 117 Å². The molecule has 4 heterocycles. The van der Waals surface area contributed by atoms with Crippen LogP contribution in [0, 0.1) is 15.5 Å². The van der Waals surface area contributed by atoms with Gasteiger partial charge in [0.2, 0.25) is 5.91 Å². The highest BCUT2D eigenvalue weighted by Gasteiger charge is 2.31. The number of nitrogens with one attached hydrogen (secondary N) is 4. The van der Waals surface area contributed by atoms with Gasteiger partial charge in [0.15, 0.2) is 0 Å². The number of allylic oxidation sites excluding steroid dienone is 1. The lowest BCUT2D eigenvalue weighted by atomic mass is 9.72. The first kappa shape index (κ1) is 41.8. The number of nitro benzene ring substituents is 1. The number of aromatic amines is 1. The van der Waals surface area contributed by atoms with E-state index in [-0.39, 0.29) is 28.3 Å². The SMILES string of the molecule is CC1(C)CCC(CN2CCN(c3ccc(C(=O)NS(=O)(=O)c4ccc(N[C@H]5CCCNC5=O)c([N+](=O)[O-])c4)c(Oc4cnc5[nH]ccc5c4)c3)CC2)=C(c2ccc(Cl)cc2)C1. The van der Waals surface area contributed by atoms with E-state index in [0.717, 1.165) is 67.1 Å². The second-order valence-electron chi connectivity index (χ2n) is 16.6. The van der Waals surface area contributed by atoms with Gasteiger partial charge in [-0.05, 0) is 97.2 Å². The molecule has 0 unspecified atom stereocenters. The summed E-state index contributed by atoms with van der Waals surface area (Å²) in [5.74, 6) is -0.869. The van der Waals surface area contributed by atoms with Crippen molar-refractivity contribution in [1.29, 1.82) is 0 Å². The Bertz CT molecular complexity index is 2640. The van der Waals surface area contributed by atoms with E-state index in [1.165, 1.54) is 35.0 Å². The van der Waals surface area contributed by atoms with Gasteiger partial charge in [0, 0.05) is 73.7 Å². The summed E-state index contributed by atoms with van der Waals surface area (Å²) in [6, 6.07) is 19.2. The first-order chi connectivity index (χ1) is 29.2. The van der Waals surface area contributed by atoms with Crippen LogP contribution in [-0.2, 0) is 14.8 Å². The summed E-state index contributed by atoms with van der Waals surface area (Å²) in [6.07, 6.45) is 7.56. The number of carbonyl (C=O) groups excluding carboxylic acids is 2. The fraction of sp³-hybridized carbons (Fsp3) is 0.341. The van der Waals surface area contributed by atoms with E-state index < -0.39 is 37.5 Å². The number of carbonyl (C=O) groups is 2. The molecule has 4 N–H and O–H groups in total. The van der Waals surface area contributed by atoms with E-state index >= 15 is 0 Å². The minimum absolute atomic E-state index is 0.0183. The Labute approximate surface area is 358 Å². The van der Waals surface area contributed by atoms with Crippen LogP contribution in [0.5, 0.6) is 11.5 Å². The second-order valence-corrected chi connectivity index (χ2v) is 18.7. The fourth-order valence-corrected chi connectivity index (χ4v) is 9.38. The van der Waals surface area contributed by atoms with Gasteiger partial charge in [-0.25, -0.2) is 18.1 Å². The monoisotopic (exact) mass is 866 g/mol. The van der Waals surface area contributed by atoms with E-state index in [1.54, 1.807) is 24.4 Å². The van der Waals surface area contributed by atoms with Crippen LogP contribution in [0.2, 0.25) is 5.02 Å². The van der Waals surface area contributed by atoms with Crippen molar-refractivity contribution in [1.82, 2.24) is 24.9 Å². The van der Waals surface area contributed by atoms with Crippen molar-refractivity contribution < 1.29 is 27.7 Å². The smallest absolute Gasteiger partial charge is 0.293 e. The fourth-order valence-electron chi connectivity index (χ4n) is 8.27. The Morgan fingerprint density at radius 1 is 1.05 bits per heavy atom. The van der Waals surface area contributed by atoms with E-state index in [2.05, 4.69) is 61.1 Å². The summed E-state index contributed by atoms with van der Waals surface area (Å²) in [7, 11) is -4.62. The standard InChI is InChI=1S/C44H47ClN8O7S/c1-44(2)15-13-30(36(25-44)28-5-7-31(45)8-6-28)27-51-18-20-52(21-19-51)32-9-11-35(40(23-32)60-33-22-29-14-17-46-41(29)48-26-33)42(54)50-61(58,59)34-10-12-37(39(24-34)53(56)57)49-38-4-3-16-47-43(38)55/h5-12,14,17,22-24,26,38,49H,3-4,13,15-16,18-21,25,27H2,1-2H3,(H,46,48)(H,47,55)(H,50,54)/t38-/m0/s1. The number of anilines is 2. The molecule has 0 saturated carbocycles. The van der Waals surface area contributed by atoms with Gasteiger partial charge in [-0.1, -0.05) is 43.2 Å². The number of rotatable bonds is 12. The zero-order chi connectivity index (χ0) is 42.9. The molecular weight excluding hydrogens is 820 g/mol. The van der Waals surface area contributed by atoms with Crippen molar-refractivity contribution in [2.24, 2.45) is 5.41 Å². The Balaban J connectivity index is 1.02. The molecule has 2 aliphatic heterocycles. The largest absolute Gasteiger partial charge is 0.455 e. The summed E-state index contributed by atoms with van der Waals surface area (Å²) in [5, 5.41) is 19.1. The molecular formula is C44H47ClN8O7S. The van der Waals surface area contributed by atoms with Gasteiger partial charge in [0.25, 0.3) is 21.6 Å². The number of nitrogens with zero attached hydrogens (tertiary/aromatic N) is 4.